The van der Waals surface area contributed by atoms with Gasteiger partial charge in [-0.3, -0.25) is 0 Å². The van der Waals surface area contributed by atoms with Crippen LogP contribution in [-0.4, -0.2) is 13.2 Å². The number of methoxy groups -OCH3 is 1. The number of benzene rings is 1. The minimum atomic E-state index is -0.717. The summed E-state index contributed by atoms with van der Waals surface area (Å²) in [5.74, 6) is -0.218. The molecule has 1 aromatic rings. The van der Waals surface area contributed by atoms with E-state index >= 15 is 0 Å². The van der Waals surface area contributed by atoms with E-state index in [4.69, 9.17) is 4.74 Å². The molecule has 0 radical (unpaired) electrons. The van der Waals surface area contributed by atoms with Crippen molar-refractivity contribution in [3.8, 4) is 5.75 Å². The summed E-state index contributed by atoms with van der Waals surface area (Å²) in [6.07, 6.45) is 3.88. The smallest absolute Gasteiger partial charge is 0.235 e. The summed E-state index contributed by atoms with van der Waals surface area (Å²) in [6, 6.07) is 3.37. The van der Waals surface area contributed by atoms with E-state index in [1.54, 1.807) is 18.2 Å². The summed E-state index contributed by atoms with van der Waals surface area (Å²) in [7, 11) is 1.43. The number of hydrogen-bond acceptors (Lipinski definition) is 3. The second kappa shape index (κ2) is 4.30. The molecular formula is C13H14FNO2. The molecule has 0 unspecified atom stereocenters. The summed E-state index contributed by atoms with van der Waals surface area (Å²) in [5, 5.41) is 0. The number of aryl methyl sites for hydroxylation is 1. The first-order chi connectivity index (χ1) is 8.13. The van der Waals surface area contributed by atoms with E-state index in [9.17, 15) is 9.18 Å². The molecule has 17 heavy (non-hydrogen) atoms. The van der Waals surface area contributed by atoms with Gasteiger partial charge in [-0.25, -0.2) is 9.18 Å². The summed E-state index contributed by atoms with van der Waals surface area (Å²) in [6.45, 7) is 1.86. The van der Waals surface area contributed by atoms with Crippen LogP contribution in [0.2, 0.25) is 0 Å². The van der Waals surface area contributed by atoms with Crippen molar-refractivity contribution in [1.82, 2.24) is 0 Å². The highest BCUT2D eigenvalue weighted by Gasteiger charge is 2.41. The Kier molecular flexibility index (Phi) is 2.99. The van der Waals surface area contributed by atoms with Crippen LogP contribution >= 0.6 is 0 Å². The van der Waals surface area contributed by atoms with Crippen molar-refractivity contribution in [3.63, 3.8) is 0 Å². The van der Waals surface area contributed by atoms with E-state index in [1.165, 1.54) is 7.11 Å². The lowest BCUT2D eigenvalue weighted by Gasteiger charge is -2.37. The molecule has 90 valence electrons. The first-order valence-electron chi connectivity index (χ1n) is 5.56. The van der Waals surface area contributed by atoms with E-state index in [-0.39, 0.29) is 5.75 Å². The lowest BCUT2D eigenvalue weighted by molar-refractivity contribution is 0.244. The van der Waals surface area contributed by atoms with Crippen molar-refractivity contribution in [1.29, 1.82) is 0 Å². The molecule has 0 atom stereocenters. The van der Waals surface area contributed by atoms with E-state index in [0.717, 1.165) is 12.0 Å². The average Bonchev–Trinajstić information content (AvgIpc) is 2.26. The Hall–Kier alpha value is -1.67. The second-order valence-corrected chi connectivity index (χ2v) is 4.42. The highest BCUT2D eigenvalue weighted by atomic mass is 19.1. The first kappa shape index (κ1) is 11.8. The molecule has 0 saturated heterocycles. The third-order valence-electron chi connectivity index (χ3n) is 3.35. The molecule has 3 nitrogen and oxygen atoms in total. The van der Waals surface area contributed by atoms with Gasteiger partial charge in [0, 0.05) is 5.56 Å². The van der Waals surface area contributed by atoms with Gasteiger partial charge in [-0.1, -0.05) is 6.07 Å². The van der Waals surface area contributed by atoms with Gasteiger partial charge in [0.05, 0.1) is 7.11 Å². The van der Waals surface area contributed by atoms with Crippen LogP contribution in [0.3, 0.4) is 0 Å². The fourth-order valence-corrected chi connectivity index (χ4v) is 2.26. The van der Waals surface area contributed by atoms with Gasteiger partial charge in [-0.05, 0) is 37.8 Å². The van der Waals surface area contributed by atoms with Gasteiger partial charge in [-0.15, -0.1) is 0 Å². The molecule has 2 rings (SSSR count). The van der Waals surface area contributed by atoms with Crippen LogP contribution in [0.1, 0.15) is 30.4 Å². The maximum Gasteiger partial charge on any atom is 0.235 e. The van der Waals surface area contributed by atoms with Crippen molar-refractivity contribution in [2.24, 2.45) is 4.99 Å². The standard InChI is InChI=1S/C13H14FNO2/c1-9-6-10(12(14)11(7-9)17-2)13(15-8-16)4-3-5-13/h6-7H,3-5H2,1-2H3. The normalized spacial score (nSPS) is 16.9. The van der Waals surface area contributed by atoms with Crippen molar-refractivity contribution < 1.29 is 13.9 Å². The monoisotopic (exact) mass is 235 g/mol. The molecule has 0 aliphatic heterocycles. The maximum atomic E-state index is 14.2. The third-order valence-corrected chi connectivity index (χ3v) is 3.35. The molecule has 0 heterocycles. The van der Waals surface area contributed by atoms with Crippen LogP contribution in [0.25, 0.3) is 0 Å². The van der Waals surface area contributed by atoms with Gasteiger partial charge in [0.2, 0.25) is 6.08 Å². The lowest BCUT2D eigenvalue weighted by atomic mass is 9.72. The lowest BCUT2D eigenvalue weighted by Crippen LogP contribution is -2.33. The quantitative estimate of drug-likeness (QED) is 0.597. The Morgan fingerprint density at radius 1 is 1.47 bits per heavy atom. The average molecular weight is 235 g/mol. The van der Waals surface area contributed by atoms with Crippen molar-refractivity contribution in [2.45, 2.75) is 31.7 Å². The van der Waals surface area contributed by atoms with E-state index in [1.807, 2.05) is 6.92 Å². The fourth-order valence-electron chi connectivity index (χ4n) is 2.26. The number of aliphatic imine (C=N–C) groups is 1. The zero-order chi connectivity index (χ0) is 12.5. The Morgan fingerprint density at radius 2 is 2.18 bits per heavy atom. The highest BCUT2D eigenvalue weighted by Crippen LogP contribution is 2.47. The first-order valence-corrected chi connectivity index (χ1v) is 5.56. The molecule has 4 heteroatoms. The maximum absolute atomic E-state index is 14.2. The van der Waals surface area contributed by atoms with Crippen molar-refractivity contribution in [2.75, 3.05) is 7.11 Å². The molecule has 0 amide bonds. The number of nitrogens with zero attached hydrogens (tertiary/aromatic N) is 1. The van der Waals surface area contributed by atoms with E-state index in [2.05, 4.69) is 4.99 Å². The predicted molar refractivity (Wildman–Crippen MR) is 61.3 cm³/mol. The minimum absolute atomic E-state index is 0.201. The zero-order valence-electron chi connectivity index (χ0n) is 9.92. The molecule has 0 aromatic heterocycles. The van der Waals surface area contributed by atoms with Crippen LogP contribution in [0.15, 0.2) is 17.1 Å². The van der Waals surface area contributed by atoms with E-state index < -0.39 is 11.4 Å². The van der Waals surface area contributed by atoms with Crippen LogP contribution in [-0.2, 0) is 10.3 Å². The second-order valence-electron chi connectivity index (χ2n) is 4.42. The highest BCUT2D eigenvalue weighted by molar-refractivity contribution is 5.44. The number of halogens is 1. The molecule has 0 N–H and O–H groups in total. The summed E-state index contributed by atoms with van der Waals surface area (Å²) in [5.41, 5.74) is 0.625. The Labute approximate surface area is 99.3 Å². The number of ether oxygens (including phenoxy) is 1. The van der Waals surface area contributed by atoms with Crippen LogP contribution in [0.5, 0.6) is 5.75 Å². The van der Waals surface area contributed by atoms with Crippen molar-refractivity contribution >= 4 is 6.08 Å². The summed E-state index contributed by atoms with van der Waals surface area (Å²) in [4.78, 5) is 14.3. The van der Waals surface area contributed by atoms with Crippen molar-refractivity contribution in [3.05, 3.63) is 29.1 Å². The molecule has 0 spiro atoms. The number of carbonyl (C=O) groups excluding carboxylic acids is 1. The van der Waals surface area contributed by atoms with Gasteiger partial charge in [-0.2, -0.15) is 4.99 Å². The number of rotatable bonds is 3. The summed E-state index contributed by atoms with van der Waals surface area (Å²) < 4.78 is 19.2. The van der Waals surface area contributed by atoms with Crippen LogP contribution in [0, 0.1) is 12.7 Å². The van der Waals surface area contributed by atoms with Crippen LogP contribution < -0.4 is 4.74 Å². The number of hydrogen-bond donors (Lipinski definition) is 0. The zero-order valence-corrected chi connectivity index (χ0v) is 9.92. The van der Waals surface area contributed by atoms with Gasteiger partial charge in [0.25, 0.3) is 0 Å². The molecule has 0 bridgehead atoms. The van der Waals surface area contributed by atoms with Gasteiger partial charge >= 0.3 is 0 Å². The molecule has 1 aliphatic carbocycles. The molecule has 1 saturated carbocycles. The minimum Gasteiger partial charge on any atom is -0.494 e. The Morgan fingerprint density at radius 3 is 2.65 bits per heavy atom. The number of isocyanates is 1. The van der Waals surface area contributed by atoms with Crippen LogP contribution in [0.4, 0.5) is 4.39 Å². The Bertz CT molecular complexity index is 488. The molecular weight excluding hydrogens is 221 g/mol. The molecule has 1 fully saturated rings. The largest absolute Gasteiger partial charge is 0.494 e. The van der Waals surface area contributed by atoms with Gasteiger partial charge in [0.1, 0.15) is 5.54 Å². The molecule has 1 aromatic carbocycles. The summed E-state index contributed by atoms with van der Waals surface area (Å²) >= 11 is 0. The van der Waals surface area contributed by atoms with Gasteiger partial charge in [0.15, 0.2) is 11.6 Å². The van der Waals surface area contributed by atoms with Gasteiger partial charge < -0.3 is 4.74 Å². The fraction of sp³-hybridized carbons (Fsp3) is 0.462. The van der Waals surface area contributed by atoms with E-state index in [0.29, 0.717) is 18.4 Å². The third kappa shape index (κ3) is 1.85. The Balaban J connectivity index is 2.58. The SMILES string of the molecule is COc1cc(C)cc(C2(N=C=O)CCC2)c1F. The molecule has 1 aliphatic rings. The topological polar surface area (TPSA) is 38.7 Å². The predicted octanol–water partition coefficient (Wildman–Crippen LogP) is 2.86.